The van der Waals surface area contributed by atoms with E-state index in [1.54, 1.807) is 22.3 Å². The van der Waals surface area contributed by atoms with E-state index in [1.165, 1.54) is 39.0 Å². The number of halogens is 2. The van der Waals surface area contributed by atoms with Crippen LogP contribution in [0.25, 0.3) is 5.57 Å². The predicted octanol–water partition coefficient (Wildman–Crippen LogP) is 2.54. The summed E-state index contributed by atoms with van der Waals surface area (Å²) in [6, 6.07) is 11.7. The van der Waals surface area contributed by atoms with Gasteiger partial charge in [-0.1, -0.05) is 0 Å². The smallest absolute Gasteiger partial charge is 1.00 e. The van der Waals surface area contributed by atoms with Crippen LogP contribution in [0, 0.1) is 33.6 Å². The fourth-order valence-corrected chi connectivity index (χ4v) is 25.7. The van der Waals surface area contributed by atoms with Gasteiger partial charge < -0.3 is 24.8 Å². The second-order valence-electron chi connectivity index (χ2n) is 10.3. The van der Waals surface area contributed by atoms with Crippen molar-refractivity contribution >= 4 is 11.0 Å². The largest absolute Gasteiger partial charge is 1.00 e. The Hall–Kier alpha value is -0.660. The molecule has 0 radical (unpaired) electrons. The number of allylic oxidation sites excluding steroid dienone is 5. The van der Waals surface area contributed by atoms with Gasteiger partial charge in [0.25, 0.3) is 0 Å². The van der Waals surface area contributed by atoms with Gasteiger partial charge in [-0.05, 0) is 0 Å². The Bertz CT molecular complexity index is 1270. The first kappa shape index (κ1) is 29.6. The summed E-state index contributed by atoms with van der Waals surface area (Å²) >= 11 is -1.95. The zero-order valence-electron chi connectivity index (χ0n) is 22.4. The van der Waals surface area contributed by atoms with Crippen LogP contribution in [0.2, 0.25) is 13.1 Å². The minimum Gasteiger partial charge on any atom is -1.00 e. The van der Waals surface area contributed by atoms with Crippen molar-refractivity contribution in [3.05, 3.63) is 95.4 Å². The van der Waals surface area contributed by atoms with Gasteiger partial charge in [0.1, 0.15) is 0 Å². The predicted molar refractivity (Wildman–Crippen MR) is 139 cm³/mol. The van der Waals surface area contributed by atoms with Gasteiger partial charge in [-0.15, -0.1) is 0 Å². The van der Waals surface area contributed by atoms with Crippen LogP contribution in [-0.4, -0.2) is 5.43 Å². The van der Waals surface area contributed by atoms with Crippen LogP contribution < -0.4 is 24.8 Å². The fourth-order valence-electron chi connectivity index (χ4n) is 6.06. The molecule has 0 nitrogen and oxygen atoms in total. The molecule has 2 aromatic carbocycles. The molecule has 4 rings (SSSR count). The number of benzene rings is 2. The first-order valence-electron chi connectivity index (χ1n) is 12.0. The van der Waals surface area contributed by atoms with Crippen molar-refractivity contribution in [2.24, 2.45) is 5.92 Å². The molecule has 2 aromatic rings. The molecule has 0 saturated carbocycles. The summed E-state index contributed by atoms with van der Waals surface area (Å²) < 4.78 is 2.58. The first-order chi connectivity index (χ1) is 15.1. The van der Waals surface area contributed by atoms with Crippen LogP contribution in [-0.2, 0) is 20.4 Å². The summed E-state index contributed by atoms with van der Waals surface area (Å²) in [6.07, 6.45) is 2.73. The van der Waals surface area contributed by atoms with Crippen LogP contribution in [0.5, 0.6) is 0 Å². The van der Waals surface area contributed by atoms with Crippen LogP contribution in [0.4, 0.5) is 0 Å². The Balaban J connectivity index is 0.00000204. The summed E-state index contributed by atoms with van der Waals surface area (Å²) in [4.78, 5) is 0. The van der Waals surface area contributed by atoms with Gasteiger partial charge in [0.05, 0.1) is 0 Å². The molecule has 0 saturated heterocycles. The Morgan fingerprint density at radius 2 is 1.41 bits per heavy atom. The van der Waals surface area contributed by atoms with Crippen molar-refractivity contribution in [2.45, 2.75) is 72.1 Å². The summed E-state index contributed by atoms with van der Waals surface area (Å²) in [5, 5.41) is 0. The average Bonchev–Trinajstić information content (AvgIpc) is 3.20. The molecule has 180 valence electrons. The monoisotopic (exact) mass is 586 g/mol. The van der Waals surface area contributed by atoms with Crippen molar-refractivity contribution in [1.82, 2.24) is 0 Å². The molecule has 0 spiro atoms. The topological polar surface area (TPSA) is 0 Å². The third-order valence-corrected chi connectivity index (χ3v) is 26.9. The molecule has 4 heteroatoms. The molecule has 2 aliphatic carbocycles. The summed E-state index contributed by atoms with van der Waals surface area (Å²) in [5.74, 6) is 0.652. The Kier molecular flexibility index (Phi) is 9.71. The molecule has 0 N–H and O–H groups in total. The minimum absolute atomic E-state index is 0. The van der Waals surface area contributed by atoms with E-state index in [0.29, 0.717) is 9.54 Å². The van der Waals surface area contributed by atoms with Gasteiger partial charge in [0.2, 0.25) is 0 Å². The zero-order chi connectivity index (χ0) is 23.5. The SMILES string of the molecule is CC1=C(C)C(C)[C]([Zr+2]([CH]2C=C(c3c(C)cc(C)c(C)c3C)c3ccccc32)=[Si](C)C)=C1C.[Cl-].[Cl-]. The maximum atomic E-state index is 2.73. The molecule has 0 amide bonds. The summed E-state index contributed by atoms with van der Waals surface area (Å²) in [6.45, 7) is 24.0. The summed E-state index contributed by atoms with van der Waals surface area (Å²) in [5.41, 5.74) is 16.3. The molecule has 2 aliphatic rings. The van der Waals surface area contributed by atoms with Crippen LogP contribution in [0.3, 0.4) is 0 Å². The third kappa shape index (κ3) is 4.70. The second-order valence-corrected chi connectivity index (χ2v) is 27.7. The average molecular weight is 589 g/mol. The van der Waals surface area contributed by atoms with E-state index in [0.717, 1.165) is 0 Å². The minimum atomic E-state index is -1.95. The number of fused-ring (bicyclic) bond motifs is 1. The molecular formula is C30H38Cl2SiZr. The van der Waals surface area contributed by atoms with Gasteiger partial charge in [0, 0.05) is 0 Å². The molecule has 0 aromatic heterocycles. The Morgan fingerprint density at radius 3 is 1.97 bits per heavy atom. The zero-order valence-corrected chi connectivity index (χ0v) is 27.3. The standard InChI is InChI=1S/C19H19.C9H13.C2H6Si.2ClH.Zr/c1-12-11-13(2)19(15(4)14(12)3)18-10-9-16-7-5-6-8-17(16)18;1-6-5-7(2)9(4)8(6)3;1-3-2;;;/h5-11H,1-4H3;6H,1-4H3;1-2H3;2*1H;/q;;;;;+2/p-2. The molecule has 0 aliphatic heterocycles. The molecular weight excluding hydrogens is 551 g/mol. The van der Waals surface area contributed by atoms with Crippen molar-refractivity contribution in [3.8, 4) is 0 Å². The number of aryl methyl sites for hydroxylation is 2. The van der Waals surface area contributed by atoms with Gasteiger partial charge in [0.15, 0.2) is 0 Å². The van der Waals surface area contributed by atoms with Crippen molar-refractivity contribution in [3.63, 3.8) is 0 Å². The Labute approximate surface area is 228 Å². The van der Waals surface area contributed by atoms with E-state index in [2.05, 4.69) is 105 Å². The van der Waals surface area contributed by atoms with Crippen molar-refractivity contribution in [1.29, 1.82) is 0 Å². The van der Waals surface area contributed by atoms with E-state index in [-0.39, 0.29) is 30.2 Å². The van der Waals surface area contributed by atoms with Gasteiger partial charge in [-0.2, -0.15) is 0 Å². The number of rotatable bonds is 3. The molecule has 0 bridgehead atoms. The summed E-state index contributed by atoms with van der Waals surface area (Å²) in [7, 11) is 0. The van der Waals surface area contributed by atoms with Gasteiger partial charge in [-0.25, -0.2) is 0 Å². The van der Waals surface area contributed by atoms with Crippen molar-refractivity contribution < 1.29 is 45.2 Å². The maximum absolute atomic E-state index is 2.73. The molecule has 2 unspecified atom stereocenters. The Morgan fingerprint density at radius 1 is 0.794 bits per heavy atom. The number of hydrogen-bond donors (Lipinski definition) is 0. The quantitative estimate of drug-likeness (QED) is 0.484. The van der Waals surface area contributed by atoms with Crippen LogP contribution in [0.15, 0.2) is 56.4 Å². The normalized spacial score (nSPS) is 18.7. The maximum Gasteiger partial charge on any atom is -1.00 e. The number of hydrogen-bond acceptors (Lipinski definition) is 0. The van der Waals surface area contributed by atoms with E-state index in [1.807, 2.05) is 3.28 Å². The molecule has 0 fully saturated rings. The molecule has 34 heavy (non-hydrogen) atoms. The second kappa shape index (κ2) is 11.2. The third-order valence-electron chi connectivity index (χ3n) is 8.33. The van der Waals surface area contributed by atoms with E-state index in [4.69, 9.17) is 0 Å². The van der Waals surface area contributed by atoms with Crippen LogP contribution >= 0.6 is 0 Å². The first-order valence-corrected chi connectivity index (χ1v) is 20.8. The van der Waals surface area contributed by atoms with E-state index >= 15 is 0 Å². The molecule has 0 heterocycles. The van der Waals surface area contributed by atoms with Crippen molar-refractivity contribution in [2.75, 3.05) is 0 Å². The van der Waals surface area contributed by atoms with Gasteiger partial charge >= 0.3 is 205 Å². The van der Waals surface area contributed by atoms with Gasteiger partial charge in [-0.3, -0.25) is 0 Å². The fraction of sp³-hybridized carbons (Fsp3) is 0.400. The molecule has 2 atom stereocenters. The van der Waals surface area contributed by atoms with E-state index in [9.17, 15) is 0 Å². The van der Waals surface area contributed by atoms with Crippen LogP contribution in [0.1, 0.15) is 70.3 Å². The van der Waals surface area contributed by atoms with E-state index < -0.39 is 20.4 Å².